The molecule has 1 aliphatic carbocycles. The van der Waals surface area contributed by atoms with Crippen molar-refractivity contribution >= 4 is 5.91 Å². The summed E-state index contributed by atoms with van der Waals surface area (Å²) in [5, 5.41) is 7.28. The molecule has 138 valence electrons. The summed E-state index contributed by atoms with van der Waals surface area (Å²) in [6.45, 7) is 0.101. The standard InChI is InChI=1S/C21H19F2N3O/c22-15-9-11-16(12-10-15)26-19-8-4-2-6-17(19)20(25-26)21(27)24-13-14-5-1-3-7-18(14)23/h1,3,5,7,9-12H,2,4,6,8,13H2,(H,24,27). The first-order valence-electron chi connectivity index (χ1n) is 9.02. The van der Waals surface area contributed by atoms with E-state index in [1.807, 2.05) is 0 Å². The molecule has 4 rings (SSSR count). The Morgan fingerprint density at radius 2 is 1.78 bits per heavy atom. The number of benzene rings is 2. The molecule has 4 nitrogen and oxygen atoms in total. The van der Waals surface area contributed by atoms with Gasteiger partial charge in [-0.15, -0.1) is 0 Å². The first kappa shape index (κ1) is 17.4. The maximum absolute atomic E-state index is 13.8. The van der Waals surface area contributed by atoms with Gasteiger partial charge in [-0.05, 0) is 56.0 Å². The Kier molecular flexibility index (Phi) is 4.71. The molecule has 0 bridgehead atoms. The molecule has 1 aromatic heterocycles. The van der Waals surface area contributed by atoms with E-state index in [1.165, 1.54) is 18.2 Å². The van der Waals surface area contributed by atoms with Crippen molar-refractivity contribution < 1.29 is 13.6 Å². The van der Waals surface area contributed by atoms with Crippen LogP contribution in [-0.2, 0) is 19.4 Å². The van der Waals surface area contributed by atoms with Crippen LogP contribution in [0.15, 0.2) is 48.5 Å². The molecule has 0 saturated heterocycles. The maximum atomic E-state index is 13.8. The number of halogens is 2. The summed E-state index contributed by atoms with van der Waals surface area (Å²) in [7, 11) is 0. The topological polar surface area (TPSA) is 46.9 Å². The highest BCUT2D eigenvalue weighted by Crippen LogP contribution is 2.27. The highest BCUT2D eigenvalue weighted by Gasteiger charge is 2.25. The van der Waals surface area contributed by atoms with E-state index >= 15 is 0 Å². The Labute approximate surface area is 155 Å². The first-order valence-corrected chi connectivity index (χ1v) is 9.02. The third-order valence-corrected chi connectivity index (χ3v) is 4.86. The van der Waals surface area contributed by atoms with E-state index in [4.69, 9.17) is 0 Å². The Balaban J connectivity index is 1.63. The summed E-state index contributed by atoms with van der Waals surface area (Å²) >= 11 is 0. The highest BCUT2D eigenvalue weighted by molar-refractivity contribution is 5.94. The Morgan fingerprint density at radius 1 is 1.04 bits per heavy atom. The number of rotatable bonds is 4. The number of fused-ring (bicyclic) bond motifs is 1. The predicted molar refractivity (Wildman–Crippen MR) is 97.7 cm³/mol. The van der Waals surface area contributed by atoms with Gasteiger partial charge >= 0.3 is 0 Å². The lowest BCUT2D eigenvalue weighted by Gasteiger charge is -2.14. The van der Waals surface area contributed by atoms with Gasteiger partial charge in [-0.2, -0.15) is 5.10 Å². The minimum Gasteiger partial charge on any atom is -0.346 e. The molecule has 0 atom stereocenters. The number of nitrogens with zero attached hydrogens (tertiary/aromatic N) is 2. The third-order valence-electron chi connectivity index (χ3n) is 4.86. The van der Waals surface area contributed by atoms with Gasteiger partial charge in [0.1, 0.15) is 11.6 Å². The monoisotopic (exact) mass is 367 g/mol. The Morgan fingerprint density at radius 3 is 2.56 bits per heavy atom. The van der Waals surface area contributed by atoms with E-state index in [1.54, 1.807) is 35.0 Å². The molecule has 0 spiro atoms. The van der Waals surface area contributed by atoms with Crippen molar-refractivity contribution in [2.45, 2.75) is 32.2 Å². The van der Waals surface area contributed by atoms with Crippen LogP contribution >= 0.6 is 0 Å². The van der Waals surface area contributed by atoms with Crippen LogP contribution in [0, 0.1) is 11.6 Å². The van der Waals surface area contributed by atoms with Gasteiger partial charge in [0.15, 0.2) is 5.69 Å². The van der Waals surface area contributed by atoms with Crippen LogP contribution in [0.3, 0.4) is 0 Å². The molecule has 1 heterocycles. The van der Waals surface area contributed by atoms with Crippen molar-refractivity contribution in [3.05, 3.63) is 82.7 Å². The van der Waals surface area contributed by atoms with Crippen LogP contribution in [0.1, 0.15) is 40.2 Å². The summed E-state index contributed by atoms with van der Waals surface area (Å²) < 4.78 is 28.7. The number of carbonyl (C=O) groups excluding carboxylic acids is 1. The molecule has 3 aromatic rings. The molecule has 1 aliphatic rings. The van der Waals surface area contributed by atoms with E-state index in [9.17, 15) is 13.6 Å². The fraction of sp³-hybridized carbons (Fsp3) is 0.238. The van der Waals surface area contributed by atoms with Gasteiger partial charge in [-0.1, -0.05) is 18.2 Å². The average Bonchev–Trinajstić information content (AvgIpc) is 3.08. The molecule has 6 heteroatoms. The van der Waals surface area contributed by atoms with Gasteiger partial charge in [0.05, 0.1) is 5.69 Å². The van der Waals surface area contributed by atoms with Crippen LogP contribution in [0.2, 0.25) is 0 Å². The fourth-order valence-corrected chi connectivity index (χ4v) is 3.48. The van der Waals surface area contributed by atoms with E-state index in [2.05, 4.69) is 10.4 Å². The zero-order chi connectivity index (χ0) is 18.8. The van der Waals surface area contributed by atoms with Crippen LogP contribution in [0.25, 0.3) is 5.69 Å². The molecule has 0 unspecified atom stereocenters. The summed E-state index contributed by atoms with van der Waals surface area (Å²) in [6.07, 6.45) is 3.62. The quantitative estimate of drug-likeness (QED) is 0.759. The Bertz CT molecular complexity index is 980. The second kappa shape index (κ2) is 7.31. The molecule has 2 aromatic carbocycles. The molecule has 0 fully saturated rings. The van der Waals surface area contributed by atoms with Crippen LogP contribution in [0.5, 0.6) is 0 Å². The average molecular weight is 367 g/mol. The van der Waals surface area contributed by atoms with E-state index < -0.39 is 0 Å². The minimum atomic E-state index is -0.350. The van der Waals surface area contributed by atoms with Gasteiger partial charge in [-0.3, -0.25) is 4.79 Å². The lowest BCUT2D eigenvalue weighted by molar-refractivity contribution is 0.0944. The fourth-order valence-electron chi connectivity index (χ4n) is 3.48. The number of hydrogen-bond acceptors (Lipinski definition) is 2. The lowest BCUT2D eigenvalue weighted by Crippen LogP contribution is -2.25. The number of hydrogen-bond donors (Lipinski definition) is 1. The minimum absolute atomic E-state index is 0.101. The second-order valence-electron chi connectivity index (χ2n) is 6.64. The number of amides is 1. The smallest absolute Gasteiger partial charge is 0.272 e. The number of nitrogens with one attached hydrogen (secondary N) is 1. The summed E-state index contributed by atoms with van der Waals surface area (Å²) in [4.78, 5) is 12.7. The van der Waals surface area contributed by atoms with E-state index in [0.29, 0.717) is 11.3 Å². The van der Waals surface area contributed by atoms with Crippen molar-refractivity contribution in [2.24, 2.45) is 0 Å². The van der Waals surface area contributed by atoms with Gasteiger partial charge in [-0.25, -0.2) is 13.5 Å². The van der Waals surface area contributed by atoms with Crippen molar-refractivity contribution in [3.63, 3.8) is 0 Å². The molecular weight excluding hydrogens is 348 g/mol. The molecule has 0 radical (unpaired) electrons. The van der Waals surface area contributed by atoms with Crippen molar-refractivity contribution in [1.82, 2.24) is 15.1 Å². The van der Waals surface area contributed by atoms with Gasteiger partial charge in [0, 0.05) is 23.4 Å². The number of aromatic nitrogens is 2. The predicted octanol–water partition coefficient (Wildman–Crippen LogP) is 3.96. The summed E-state index contributed by atoms with van der Waals surface area (Å²) in [5.74, 6) is -0.989. The molecule has 27 heavy (non-hydrogen) atoms. The molecular formula is C21H19F2N3O. The second-order valence-corrected chi connectivity index (χ2v) is 6.64. The lowest BCUT2D eigenvalue weighted by atomic mass is 9.95. The molecule has 0 aliphatic heterocycles. The molecule has 1 N–H and O–H groups in total. The number of carbonyl (C=O) groups is 1. The van der Waals surface area contributed by atoms with Gasteiger partial charge < -0.3 is 5.32 Å². The van der Waals surface area contributed by atoms with E-state index in [-0.39, 0.29) is 24.1 Å². The zero-order valence-electron chi connectivity index (χ0n) is 14.7. The normalized spacial score (nSPS) is 13.3. The van der Waals surface area contributed by atoms with Crippen molar-refractivity contribution in [3.8, 4) is 5.69 Å². The largest absolute Gasteiger partial charge is 0.346 e. The summed E-state index contributed by atoms with van der Waals surface area (Å²) in [5.41, 5.74) is 3.44. The van der Waals surface area contributed by atoms with Crippen LogP contribution in [0.4, 0.5) is 8.78 Å². The highest BCUT2D eigenvalue weighted by atomic mass is 19.1. The van der Waals surface area contributed by atoms with Gasteiger partial charge in [0.2, 0.25) is 0 Å². The molecule has 1 amide bonds. The van der Waals surface area contributed by atoms with Crippen molar-refractivity contribution in [1.29, 1.82) is 0 Å². The zero-order valence-corrected chi connectivity index (χ0v) is 14.7. The SMILES string of the molecule is O=C(NCc1ccccc1F)c1nn(-c2ccc(F)cc2)c2c1CCCC2. The van der Waals surface area contributed by atoms with Gasteiger partial charge in [0.25, 0.3) is 5.91 Å². The van der Waals surface area contributed by atoms with Crippen molar-refractivity contribution in [2.75, 3.05) is 0 Å². The first-order chi connectivity index (χ1) is 13.1. The van der Waals surface area contributed by atoms with Crippen LogP contribution < -0.4 is 5.32 Å². The van der Waals surface area contributed by atoms with E-state index in [0.717, 1.165) is 42.6 Å². The maximum Gasteiger partial charge on any atom is 0.272 e. The Hall–Kier alpha value is -3.02. The van der Waals surface area contributed by atoms with Crippen LogP contribution in [-0.4, -0.2) is 15.7 Å². The molecule has 0 saturated carbocycles. The summed E-state index contributed by atoms with van der Waals surface area (Å²) in [6, 6.07) is 12.4. The third kappa shape index (κ3) is 3.47.